The Kier molecular flexibility index (Phi) is 2.22. The number of carbonyl (C=O) groups excluding carboxylic acids is 1. The van der Waals surface area contributed by atoms with Crippen LogP contribution in [0.5, 0.6) is 0 Å². The number of pyridine rings is 1. The van der Waals surface area contributed by atoms with Gasteiger partial charge in [-0.05, 0) is 12.1 Å². The number of hydrogen-bond donors (Lipinski definition) is 1. The van der Waals surface area contributed by atoms with Crippen molar-refractivity contribution < 1.29 is 18.0 Å². The smallest absolute Gasteiger partial charge is 0.319 e. The van der Waals surface area contributed by atoms with Gasteiger partial charge in [-0.25, -0.2) is 0 Å². The summed E-state index contributed by atoms with van der Waals surface area (Å²) in [5.74, 6) is 0. The van der Waals surface area contributed by atoms with Crippen LogP contribution in [0.1, 0.15) is 16.1 Å². The third-order valence-electron chi connectivity index (χ3n) is 1.36. The van der Waals surface area contributed by atoms with Gasteiger partial charge in [-0.1, -0.05) is 0 Å². The molecule has 13 heavy (non-hydrogen) atoms. The lowest BCUT2D eigenvalue weighted by atomic mass is 10.2. The lowest BCUT2D eigenvalue weighted by Gasteiger charge is -2.04. The van der Waals surface area contributed by atoms with Crippen LogP contribution in [-0.4, -0.2) is 11.3 Å². The van der Waals surface area contributed by atoms with E-state index in [1.165, 1.54) is 0 Å². The molecule has 0 aliphatic carbocycles. The van der Waals surface area contributed by atoms with Crippen molar-refractivity contribution in [1.82, 2.24) is 4.98 Å². The second kappa shape index (κ2) is 3.04. The highest BCUT2D eigenvalue weighted by molar-refractivity contribution is 5.71. The minimum Gasteiger partial charge on any atom is -0.319 e. The molecular formula is C7H4F3NO2. The molecule has 6 heteroatoms. The molecule has 0 aliphatic heterocycles. The second-order valence-electron chi connectivity index (χ2n) is 2.27. The van der Waals surface area contributed by atoms with Gasteiger partial charge in [0.1, 0.15) is 5.56 Å². The Morgan fingerprint density at radius 1 is 1.31 bits per heavy atom. The van der Waals surface area contributed by atoms with Crippen molar-refractivity contribution in [3.8, 4) is 0 Å². The number of aldehydes is 1. The van der Waals surface area contributed by atoms with Crippen LogP contribution in [0.2, 0.25) is 0 Å². The highest BCUT2D eigenvalue weighted by Gasteiger charge is 2.33. The van der Waals surface area contributed by atoms with E-state index in [9.17, 15) is 22.8 Å². The fourth-order valence-corrected chi connectivity index (χ4v) is 0.781. The zero-order valence-corrected chi connectivity index (χ0v) is 6.18. The minimum absolute atomic E-state index is 0.182. The predicted molar refractivity (Wildman–Crippen MR) is 37.5 cm³/mol. The lowest BCUT2D eigenvalue weighted by Crippen LogP contribution is -2.21. The Morgan fingerprint density at radius 3 is 2.31 bits per heavy atom. The van der Waals surface area contributed by atoms with Crippen molar-refractivity contribution in [2.24, 2.45) is 0 Å². The standard InChI is InChI=1S/C7H4F3NO2/c8-7(9,10)5-2-1-4(3-12)11-6(5)13/h1-3H,(H,11,13). The highest BCUT2D eigenvalue weighted by Crippen LogP contribution is 2.25. The van der Waals surface area contributed by atoms with E-state index in [0.29, 0.717) is 6.07 Å². The average Bonchev–Trinajstić information content (AvgIpc) is 2.01. The van der Waals surface area contributed by atoms with Gasteiger partial charge in [0.05, 0.1) is 5.69 Å². The van der Waals surface area contributed by atoms with Crippen molar-refractivity contribution >= 4 is 6.29 Å². The molecule has 1 rings (SSSR count). The third-order valence-corrected chi connectivity index (χ3v) is 1.36. The molecule has 70 valence electrons. The summed E-state index contributed by atoms with van der Waals surface area (Å²) < 4.78 is 35.9. The molecule has 0 aliphatic rings. The van der Waals surface area contributed by atoms with E-state index < -0.39 is 17.3 Å². The van der Waals surface area contributed by atoms with Crippen molar-refractivity contribution in [3.63, 3.8) is 0 Å². The largest absolute Gasteiger partial charge is 0.421 e. The van der Waals surface area contributed by atoms with Crippen LogP contribution in [0.3, 0.4) is 0 Å². The number of aromatic amines is 1. The monoisotopic (exact) mass is 191 g/mol. The van der Waals surface area contributed by atoms with Crippen LogP contribution in [0.4, 0.5) is 13.2 Å². The van der Waals surface area contributed by atoms with Crippen molar-refractivity contribution in [2.75, 3.05) is 0 Å². The van der Waals surface area contributed by atoms with Gasteiger partial charge in [0.2, 0.25) is 0 Å². The van der Waals surface area contributed by atoms with E-state index in [-0.39, 0.29) is 12.0 Å². The number of alkyl halides is 3. The van der Waals surface area contributed by atoms with E-state index in [1.807, 2.05) is 0 Å². The molecule has 0 saturated heterocycles. The molecule has 0 atom stereocenters. The minimum atomic E-state index is -4.69. The summed E-state index contributed by atoms with van der Waals surface area (Å²) in [6.07, 6.45) is -4.42. The van der Waals surface area contributed by atoms with Crippen LogP contribution in [0.25, 0.3) is 0 Å². The zero-order chi connectivity index (χ0) is 10.1. The van der Waals surface area contributed by atoms with Crippen LogP contribution in [-0.2, 0) is 6.18 Å². The molecule has 1 heterocycles. The van der Waals surface area contributed by atoms with Crippen molar-refractivity contribution in [1.29, 1.82) is 0 Å². The lowest BCUT2D eigenvalue weighted by molar-refractivity contribution is -0.138. The molecule has 0 amide bonds. The summed E-state index contributed by atoms with van der Waals surface area (Å²) in [6.45, 7) is 0. The fraction of sp³-hybridized carbons (Fsp3) is 0.143. The fourth-order valence-electron chi connectivity index (χ4n) is 0.781. The molecule has 1 N–H and O–H groups in total. The van der Waals surface area contributed by atoms with E-state index in [2.05, 4.69) is 0 Å². The Bertz CT molecular complexity index is 380. The quantitative estimate of drug-likeness (QED) is 0.678. The van der Waals surface area contributed by atoms with Crippen molar-refractivity contribution in [2.45, 2.75) is 6.18 Å². The summed E-state index contributed by atoms with van der Waals surface area (Å²) in [5.41, 5.74) is -2.80. The highest BCUT2D eigenvalue weighted by atomic mass is 19.4. The molecule has 3 nitrogen and oxygen atoms in total. The van der Waals surface area contributed by atoms with Gasteiger partial charge in [-0.3, -0.25) is 9.59 Å². The number of H-pyrrole nitrogens is 1. The van der Waals surface area contributed by atoms with Gasteiger partial charge in [-0.2, -0.15) is 13.2 Å². The Morgan fingerprint density at radius 2 is 1.92 bits per heavy atom. The number of aromatic nitrogens is 1. The molecule has 0 aromatic carbocycles. The van der Waals surface area contributed by atoms with E-state index in [0.717, 1.165) is 6.07 Å². The Labute approximate surface area is 70.2 Å². The van der Waals surface area contributed by atoms with Gasteiger partial charge in [0.15, 0.2) is 6.29 Å². The van der Waals surface area contributed by atoms with E-state index >= 15 is 0 Å². The first-order chi connectivity index (χ1) is 5.95. The molecule has 1 aromatic heterocycles. The molecule has 0 radical (unpaired) electrons. The van der Waals surface area contributed by atoms with Crippen LogP contribution >= 0.6 is 0 Å². The first-order valence-corrected chi connectivity index (χ1v) is 3.21. The summed E-state index contributed by atoms with van der Waals surface area (Å²) in [7, 11) is 0. The van der Waals surface area contributed by atoms with Crippen LogP contribution in [0, 0.1) is 0 Å². The maximum absolute atomic E-state index is 12.0. The topological polar surface area (TPSA) is 49.9 Å². The summed E-state index contributed by atoms with van der Waals surface area (Å²) in [4.78, 5) is 22.6. The number of nitrogens with one attached hydrogen (secondary N) is 1. The molecule has 0 unspecified atom stereocenters. The van der Waals surface area contributed by atoms with E-state index in [4.69, 9.17) is 0 Å². The maximum Gasteiger partial charge on any atom is 0.421 e. The first kappa shape index (κ1) is 9.50. The molecule has 0 bridgehead atoms. The van der Waals surface area contributed by atoms with Crippen LogP contribution in [0.15, 0.2) is 16.9 Å². The van der Waals surface area contributed by atoms with Crippen LogP contribution < -0.4 is 5.56 Å². The van der Waals surface area contributed by atoms with E-state index in [1.54, 1.807) is 4.98 Å². The third kappa shape index (κ3) is 1.95. The molecule has 0 saturated carbocycles. The molecule has 1 aromatic rings. The summed E-state index contributed by atoms with van der Waals surface area (Å²) in [5, 5.41) is 0. The number of rotatable bonds is 1. The van der Waals surface area contributed by atoms with Gasteiger partial charge in [-0.15, -0.1) is 0 Å². The van der Waals surface area contributed by atoms with Gasteiger partial charge in [0, 0.05) is 0 Å². The normalized spacial score (nSPS) is 11.3. The second-order valence-corrected chi connectivity index (χ2v) is 2.27. The van der Waals surface area contributed by atoms with Gasteiger partial charge < -0.3 is 4.98 Å². The first-order valence-electron chi connectivity index (χ1n) is 3.21. The maximum atomic E-state index is 12.0. The van der Waals surface area contributed by atoms with Gasteiger partial charge in [0.25, 0.3) is 5.56 Å². The van der Waals surface area contributed by atoms with Gasteiger partial charge >= 0.3 is 6.18 Å². The Balaban J connectivity index is 3.29. The SMILES string of the molecule is O=Cc1ccc(C(F)(F)F)c(=O)[nH]1. The number of carbonyl (C=O) groups is 1. The number of halogens is 3. The average molecular weight is 191 g/mol. The Hall–Kier alpha value is -1.59. The summed E-state index contributed by atoms with van der Waals surface area (Å²) >= 11 is 0. The molecule has 0 spiro atoms. The predicted octanol–water partition coefficient (Wildman–Crippen LogP) is 1.21. The number of hydrogen-bond acceptors (Lipinski definition) is 2. The molecule has 0 fully saturated rings. The zero-order valence-electron chi connectivity index (χ0n) is 6.18. The van der Waals surface area contributed by atoms with Crippen molar-refractivity contribution in [3.05, 3.63) is 33.7 Å². The molecular weight excluding hydrogens is 187 g/mol. The summed E-state index contributed by atoms with van der Waals surface area (Å²) in [6, 6.07) is 1.47.